The molecule has 0 radical (unpaired) electrons. The summed E-state index contributed by atoms with van der Waals surface area (Å²) in [5, 5.41) is 2.37. The molecule has 1 aliphatic rings. The average molecular weight is 187 g/mol. The lowest BCUT2D eigenvalue weighted by molar-refractivity contribution is -0.123. The van der Waals surface area contributed by atoms with E-state index >= 15 is 0 Å². The fourth-order valence-electron chi connectivity index (χ4n) is 1.00. The molecule has 1 unspecified atom stereocenters. The Labute approximate surface area is 66.9 Å². The summed E-state index contributed by atoms with van der Waals surface area (Å²) in [4.78, 5) is 0. The molecule has 0 aromatic carbocycles. The zero-order chi connectivity index (χ0) is 9.19. The smallest absolute Gasteiger partial charge is 0.287 e. The molecule has 0 aromatic rings. The quantitative estimate of drug-likeness (QED) is 0.662. The van der Waals surface area contributed by atoms with E-state index in [1.807, 2.05) is 0 Å². The minimum Gasteiger partial charge on any atom is -0.365 e. The topological polar surface area (TPSA) is 21.3 Å². The van der Waals surface area contributed by atoms with E-state index in [2.05, 4.69) is 10.1 Å². The highest BCUT2D eigenvalue weighted by atomic mass is 19.3. The molecule has 1 saturated heterocycles. The number of ether oxygens (including phenoxy) is 1. The third kappa shape index (κ3) is 2.31. The van der Waals surface area contributed by atoms with Crippen LogP contribution < -0.4 is 5.32 Å². The van der Waals surface area contributed by atoms with Gasteiger partial charge in [-0.15, -0.1) is 0 Å². The molecule has 1 heterocycles. The van der Waals surface area contributed by atoms with Crippen molar-refractivity contribution in [2.24, 2.45) is 0 Å². The minimum atomic E-state index is -3.02. The van der Waals surface area contributed by atoms with E-state index < -0.39 is 31.6 Å². The normalized spacial score (nSPS) is 28.2. The Bertz CT molecular complexity index is 152. The second-order valence-corrected chi connectivity index (χ2v) is 2.60. The highest BCUT2D eigenvalue weighted by molar-refractivity contribution is 4.88. The molecule has 2 nitrogen and oxygen atoms in total. The molecule has 1 aliphatic heterocycles. The van der Waals surface area contributed by atoms with Gasteiger partial charge < -0.3 is 10.1 Å². The standard InChI is InChI=1S/C6H9F4NO/c7-5(8)2-12-4-1-11-3-6(4,9)10/h4-5,11H,1-3H2. The van der Waals surface area contributed by atoms with Crippen LogP contribution in [-0.4, -0.2) is 38.1 Å². The molecule has 0 aliphatic carbocycles. The van der Waals surface area contributed by atoms with E-state index in [0.29, 0.717) is 0 Å². The number of alkyl halides is 4. The van der Waals surface area contributed by atoms with Gasteiger partial charge in [0.25, 0.3) is 12.3 Å². The molecule has 12 heavy (non-hydrogen) atoms. The first-order valence-electron chi connectivity index (χ1n) is 3.50. The number of halogens is 4. The van der Waals surface area contributed by atoms with Crippen LogP contribution in [0.1, 0.15) is 0 Å². The van der Waals surface area contributed by atoms with Crippen molar-refractivity contribution in [3.05, 3.63) is 0 Å². The Hall–Kier alpha value is -0.360. The van der Waals surface area contributed by atoms with Gasteiger partial charge in [-0.3, -0.25) is 0 Å². The van der Waals surface area contributed by atoms with E-state index in [4.69, 9.17) is 0 Å². The zero-order valence-corrected chi connectivity index (χ0v) is 6.20. The first-order valence-corrected chi connectivity index (χ1v) is 3.50. The Morgan fingerprint density at radius 1 is 1.50 bits per heavy atom. The molecule has 0 amide bonds. The Morgan fingerprint density at radius 3 is 2.58 bits per heavy atom. The summed E-state index contributed by atoms with van der Waals surface area (Å²) in [6.07, 6.45) is -4.10. The summed E-state index contributed by atoms with van der Waals surface area (Å²) in [5.41, 5.74) is 0. The van der Waals surface area contributed by atoms with E-state index in [0.717, 1.165) is 0 Å². The average Bonchev–Trinajstić information content (AvgIpc) is 2.25. The molecule has 0 saturated carbocycles. The lowest BCUT2D eigenvalue weighted by atomic mass is 10.2. The van der Waals surface area contributed by atoms with Crippen LogP contribution in [0.4, 0.5) is 17.6 Å². The first-order chi connectivity index (χ1) is 5.52. The van der Waals surface area contributed by atoms with E-state index in [1.165, 1.54) is 0 Å². The number of hydrogen-bond donors (Lipinski definition) is 1. The zero-order valence-electron chi connectivity index (χ0n) is 6.20. The summed E-state index contributed by atoms with van der Waals surface area (Å²) in [6, 6.07) is 0. The van der Waals surface area contributed by atoms with Gasteiger partial charge in [-0.25, -0.2) is 17.6 Å². The summed E-state index contributed by atoms with van der Waals surface area (Å²) < 4.78 is 52.7. The predicted molar refractivity (Wildman–Crippen MR) is 33.6 cm³/mol. The Balaban J connectivity index is 2.32. The second kappa shape index (κ2) is 3.57. The van der Waals surface area contributed by atoms with Crippen LogP contribution in [0.2, 0.25) is 0 Å². The van der Waals surface area contributed by atoms with Crippen molar-refractivity contribution >= 4 is 0 Å². The predicted octanol–water partition coefficient (Wildman–Crippen LogP) is 0.875. The second-order valence-electron chi connectivity index (χ2n) is 2.60. The molecule has 72 valence electrons. The van der Waals surface area contributed by atoms with Crippen molar-refractivity contribution in [2.45, 2.75) is 18.5 Å². The maximum absolute atomic E-state index is 12.6. The third-order valence-electron chi connectivity index (χ3n) is 1.58. The SMILES string of the molecule is FC(F)COC1CNCC1(F)F. The highest BCUT2D eigenvalue weighted by Crippen LogP contribution is 2.24. The van der Waals surface area contributed by atoms with Gasteiger partial charge in [-0.2, -0.15) is 0 Å². The van der Waals surface area contributed by atoms with Crippen molar-refractivity contribution in [1.82, 2.24) is 5.32 Å². The fourth-order valence-corrected chi connectivity index (χ4v) is 1.00. The van der Waals surface area contributed by atoms with Gasteiger partial charge in [-0.05, 0) is 0 Å². The van der Waals surface area contributed by atoms with Crippen molar-refractivity contribution in [2.75, 3.05) is 19.7 Å². The lowest BCUT2D eigenvalue weighted by Crippen LogP contribution is -2.35. The van der Waals surface area contributed by atoms with Crippen molar-refractivity contribution in [3.63, 3.8) is 0 Å². The highest BCUT2D eigenvalue weighted by Gasteiger charge is 2.45. The summed E-state index contributed by atoms with van der Waals surface area (Å²) in [6.45, 7) is -1.50. The molecule has 0 spiro atoms. The molecular weight excluding hydrogens is 178 g/mol. The van der Waals surface area contributed by atoms with E-state index in [9.17, 15) is 17.6 Å². The molecule has 1 rings (SSSR count). The van der Waals surface area contributed by atoms with Crippen molar-refractivity contribution < 1.29 is 22.3 Å². The summed E-state index contributed by atoms with van der Waals surface area (Å²) in [7, 11) is 0. The first kappa shape index (κ1) is 9.73. The van der Waals surface area contributed by atoms with E-state index in [-0.39, 0.29) is 6.54 Å². The maximum Gasteiger partial charge on any atom is 0.287 e. The molecule has 6 heteroatoms. The van der Waals surface area contributed by atoms with Crippen molar-refractivity contribution in [1.29, 1.82) is 0 Å². The molecular formula is C6H9F4NO. The largest absolute Gasteiger partial charge is 0.365 e. The summed E-state index contributed by atoms with van der Waals surface area (Å²) in [5.74, 6) is -3.02. The van der Waals surface area contributed by atoms with Gasteiger partial charge in [0.15, 0.2) is 0 Å². The van der Waals surface area contributed by atoms with Gasteiger partial charge in [0.2, 0.25) is 0 Å². The summed E-state index contributed by atoms with van der Waals surface area (Å²) >= 11 is 0. The molecule has 1 atom stereocenters. The lowest BCUT2D eigenvalue weighted by Gasteiger charge is -2.17. The minimum absolute atomic E-state index is 0.0697. The van der Waals surface area contributed by atoms with Crippen LogP contribution in [0.5, 0.6) is 0 Å². The fraction of sp³-hybridized carbons (Fsp3) is 1.00. The molecule has 1 N–H and O–H groups in total. The van der Waals surface area contributed by atoms with Gasteiger partial charge in [0.1, 0.15) is 12.7 Å². The van der Waals surface area contributed by atoms with Crippen LogP contribution in [0.15, 0.2) is 0 Å². The maximum atomic E-state index is 12.6. The van der Waals surface area contributed by atoms with E-state index in [1.54, 1.807) is 0 Å². The van der Waals surface area contributed by atoms with Gasteiger partial charge in [-0.1, -0.05) is 0 Å². The van der Waals surface area contributed by atoms with Crippen LogP contribution in [0, 0.1) is 0 Å². The molecule has 0 aromatic heterocycles. The molecule has 1 fully saturated rings. The van der Waals surface area contributed by atoms with Crippen LogP contribution in [0.25, 0.3) is 0 Å². The van der Waals surface area contributed by atoms with Gasteiger partial charge in [0.05, 0.1) is 6.54 Å². The van der Waals surface area contributed by atoms with Crippen molar-refractivity contribution in [3.8, 4) is 0 Å². The number of rotatable bonds is 3. The van der Waals surface area contributed by atoms with Crippen LogP contribution >= 0.6 is 0 Å². The molecule has 0 bridgehead atoms. The number of nitrogens with one attached hydrogen (secondary N) is 1. The monoisotopic (exact) mass is 187 g/mol. The van der Waals surface area contributed by atoms with Gasteiger partial charge in [0, 0.05) is 6.54 Å². The number of hydrogen-bond acceptors (Lipinski definition) is 2. The third-order valence-corrected chi connectivity index (χ3v) is 1.58. The van der Waals surface area contributed by atoms with Gasteiger partial charge >= 0.3 is 0 Å². The van der Waals surface area contributed by atoms with Crippen LogP contribution in [-0.2, 0) is 4.74 Å². The van der Waals surface area contributed by atoms with Crippen LogP contribution in [0.3, 0.4) is 0 Å². The Morgan fingerprint density at radius 2 is 2.17 bits per heavy atom. The Kier molecular flexibility index (Phi) is 2.89.